The highest BCUT2D eigenvalue weighted by Crippen LogP contribution is 2.38. The smallest absolute Gasteiger partial charge is 0.475 e. The summed E-state index contributed by atoms with van der Waals surface area (Å²) in [6.07, 6.45) is -0.0324. The van der Waals surface area contributed by atoms with E-state index in [1.54, 1.807) is 0 Å². The molecule has 0 radical (unpaired) electrons. The van der Waals surface area contributed by atoms with Crippen molar-refractivity contribution in [1.82, 2.24) is 37.2 Å². The van der Waals surface area contributed by atoms with Crippen LogP contribution in [-0.4, -0.2) is 207 Å². The molecule has 0 unspecified atom stereocenters. The average Bonchev–Trinajstić information content (AvgIpc) is 0.767. The lowest BCUT2D eigenvalue weighted by molar-refractivity contribution is -0.329. The van der Waals surface area contributed by atoms with E-state index < -0.39 is 153 Å². The summed E-state index contributed by atoms with van der Waals surface area (Å²) < 4.78 is 103. The van der Waals surface area contributed by atoms with E-state index in [0.717, 1.165) is 173 Å². The van der Waals surface area contributed by atoms with Gasteiger partial charge in [0.15, 0.2) is 49.2 Å². The van der Waals surface area contributed by atoms with Crippen molar-refractivity contribution in [2.24, 2.45) is 22.9 Å². The number of carbonyl (C=O) groups excluding carboxylic acids is 7. The predicted octanol–water partition coefficient (Wildman–Crippen LogP) is 7.81. The summed E-state index contributed by atoms with van der Waals surface area (Å²) in [4.78, 5) is 108. The highest BCUT2D eigenvalue weighted by Gasteiger charge is 2.58. The maximum absolute atomic E-state index is 14.7. The van der Waals surface area contributed by atoms with Crippen LogP contribution >= 0.6 is 0 Å². The van der Waals surface area contributed by atoms with E-state index in [2.05, 4.69) is 37.2 Å². The summed E-state index contributed by atoms with van der Waals surface area (Å²) in [5.41, 5.74) is 28.2. The molecule has 0 spiro atoms. The molecular formula is C69H114F3N11O20. The van der Waals surface area contributed by atoms with Crippen LogP contribution in [0.15, 0.2) is 0 Å². The van der Waals surface area contributed by atoms with E-state index in [9.17, 15) is 46.7 Å². The molecule has 16 N–H and O–H groups in total. The molecule has 2 aliphatic heterocycles. The van der Waals surface area contributed by atoms with Crippen LogP contribution in [0, 0.1) is 0 Å². The fourth-order valence-electron chi connectivity index (χ4n) is 16.2. The van der Waals surface area contributed by atoms with Crippen molar-refractivity contribution >= 4 is 48.6 Å². The zero-order valence-electron chi connectivity index (χ0n) is 59.2. The molecule has 586 valence electrons. The second-order valence-corrected chi connectivity index (χ2v) is 29.6. The normalized spacial score (nSPS) is 32.0. The molecule has 103 heavy (non-hydrogen) atoms. The number of halogens is 3. The lowest BCUT2D eigenvalue weighted by Gasteiger charge is -2.50. The van der Waals surface area contributed by atoms with E-state index >= 15 is 0 Å². The number of carboxylic acid groups (broad SMARTS) is 1. The Kier molecular flexibility index (Phi) is 31.8. The van der Waals surface area contributed by atoms with Gasteiger partial charge in [-0.25, -0.2) is 38.4 Å². The monoisotopic (exact) mass is 1470 g/mol. The molecule has 7 amide bonds. The number of amides is 7. The van der Waals surface area contributed by atoms with Crippen LogP contribution in [0.25, 0.3) is 0 Å². The molecule has 15 atom stereocenters. The van der Waals surface area contributed by atoms with Crippen molar-refractivity contribution in [2.75, 3.05) is 13.2 Å². The Morgan fingerprint density at radius 2 is 0.602 bits per heavy atom. The number of ether oxygens (including phenoxy) is 11. The van der Waals surface area contributed by atoms with Gasteiger partial charge < -0.3 is 117 Å². The van der Waals surface area contributed by atoms with Gasteiger partial charge in [0, 0.05) is 60.9 Å². The zero-order valence-corrected chi connectivity index (χ0v) is 59.2. The third-order valence-corrected chi connectivity index (χ3v) is 21.7. The fraction of sp³-hybridized carbons (Fsp3) is 0.884. The largest absolute Gasteiger partial charge is 0.490 e. The minimum atomic E-state index is -5.08. The minimum Gasteiger partial charge on any atom is -0.475 e. The first-order valence-electron chi connectivity index (χ1n) is 38.2. The van der Waals surface area contributed by atoms with Crippen molar-refractivity contribution < 1.29 is 109 Å². The number of alkyl halides is 3. The molecule has 0 bridgehead atoms. The Labute approximate surface area is 600 Å². The number of alkyl carbamates (subject to hydrolysis) is 7. The van der Waals surface area contributed by atoms with Crippen molar-refractivity contribution in [3.05, 3.63) is 0 Å². The summed E-state index contributed by atoms with van der Waals surface area (Å²) in [7, 11) is 0. The summed E-state index contributed by atoms with van der Waals surface area (Å²) in [5, 5.41) is 27.9. The standard InChI is InChI=1S/C67H113N11O18.C2HF3O2/c68-37-48-54(92-63(81)74-41-26-12-3-13-27-41)57(95-66(84)77-44-32-18-6-19-33-44)58(96-67(85)78-45-34-20-7-21-35-45)60(87-48)90-52-47(70)36-46(69)51(56(52)94-65(83)76-43-30-16-5-17-31-43)89-59-55(93-64(82)75-42-28-14-4-15-29-42)50(71)53(91-62(80)73-40-24-10-2-11-25-40)49(88-59)38-86-61(79)72-39-22-8-1-9-23-39;3-2(4,5)1(6)7/h39-60H,1-38,68-71H2,(H,72,79)(H,73,80)(H,74,81)(H,75,82)(H,76,83)(H,77,84)(H,78,85);(H,6,7)/t46-,47+,48-,49-,50+,51+,52-,53-,54-,55-,56-,57+,58-,59-,60-;/m1./s1. The summed E-state index contributed by atoms with van der Waals surface area (Å²) in [5.74, 6) is -2.76. The van der Waals surface area contributed by atoms with Gasteiger partial charge in [-0.2, -0.15) is 13.2 Å². The van der Waals surface area contributed by atoms with E-state index in [4.69, 9.17) is 84.9 Å². The molecular weight excluding hydrogens is 1360 g/mol. The highest BCUT2D eigenvalue weighted by atomic mass is 19.4. The van der Waals surface area contributed by atoms with E-state index in [0.29, 0.717) is 51.4 Å². The molecule has 10 fully saturated rings. The lowest BCUT2D eigenvalue weighted by Crippen LogP contribution is -2.70. The highest BCUT2D eigenvalue weighted by molar-refractivity contribution is 5.73. The summed E-state index contributed by atoms with van der Waals surface area (Å²) in [6, 6.07) is -5.13. The van der Waals surface area contributed by atoms with Crippen molar-refractivity contribution in [2.45, 2.75) is 371 Å². The van der Waals surface area contributed by atoms with Gasteiger partial charge in [-0.1, -0.05) is 135 Å². The van der Waals surface area contributed by atoms with Crippen LogP contribution in [0.5, 0.6) is 0 Å². The Balaban J connectivity index is 0.00000167. The SMILES string of the molecule is NC[C@H]1O[C@H](O[C@H]2[C@H](OC(=O)NC3CCCCC3)[C@@H](O[C@H]3O[C@H](COC(=O)NC4CCCCC4)[C@@H](OC(=O)NC4CCCCC4)[C@H](N)[C@H]3OC(=O)NC3CCCCC3)[C@H](N)C[C@@H]2N)[C@H](OC(=O)NC2CCCCC2)[C@@H](OC(=O)NC2CCCCC2)[C@@H]1OC(=O)NC1CCCCC1.O=C(O)C(F)(F)F. The van der Waals surface area contributed by atoms with Gasteiger partial charge in [-0.3, -0.25) is 0 Å². The van der Waals surface area contributed by atoms with E-state index in [1.165, 1.54) is 0 Å². The number of carbonyl (C=O) groups is 8. The van der Waals surface area contributed by atoms with Gasteiger partial charge in [0.25, 0.3) is 0 Å². The number of hydrogen-bond acceptors (Lipinski definition) is 23. The van der Waals surface area contributed by atoms with Crippen molar-refractivity contribution in [3.63, 3.8) is 0 Å². The number of aliphatic carboxylic acids is 1. The first-order valence-corrected chi connectivity index (χ1v) is 38.2. The molecule has 0 aromatic carbocycles. The van der Waals surface area contributed by atoms with Crippen molar-refractivity contribution in [3.8, 4) is 0 Å². The molecule has 34 heteroatoms. The number of nitrogens with one attached hydrogen (secondary N) is 7. The molecule has 10 rings (SSSR count). The van der Waals surface area contributed by atoms with Crippen LogP contribution in [0.3, 0.4) is 0 Å². The third kappa shape index (κ3) is 25.2. The Morgan fingerprint density at radius 3 is 0.913 bits per heavy atom. The maximum Gasteiger partial charge on any atom is 0.490 e. The first-order chi connectivity index (χ1) is 49.6. The topological polar surface area (TPSA) is 447 Å². The lowest BCUT2D eigenvalue weighted by atomic mass is 9.84. The number of carboxylic acids is 1. The molecule has 31 nitrogen and oxygen atoms in total. The van der Waals surface area contributed by atoms with Crippen LogP contribution in [0.1, 0.15) is 231 Å². The average molecular weight is 1470 g/mol. The third-order valence-electron chi connectivity index (χ3n) is 21.7. The number of nitrogens with two attached hydrogens (primary N) is 4. The van der Waals surface area contributed by atoms with Crippen LogP contribution in [0.4, 0.5) is 46.7 Å². The van der Waals surface area contributed by atoms with Crippen LogP contribution in [-0.2, 0) is 56.9 Å². The molecule has 8 saturated carbocycles. The van der Waals surface area contributed by atoms with Crippen LogP contribution in [0.2, 0.25) is 0 Å². The molecule has 2 saturated heterocycles. The molecule has 2 heterocycles. The number of rotatable bonds is 20. The van der Waals surface area contributed by atoms with Gasteiger partial charge in [0.2, 0.25) is 0 Å². The van der Waals surface area contributed by atoms with E-state index in [-0.39, 0.29) is 55.3 Å². The van der Waals surface area contributed by atoms with Gasteiger partial charge in [-0.15, -0.1) is 0 Å². The maximum atomic E-state index is 14.7. The first kappa shape index (κ1) is 80.9. The Morgan fingerprint density at radius 1 is 0.350 bits per heavy atom. The fourth-order valence-corrected chi connectivity index (χ4v) is 16.2. The minimum absolute atomic E-state index is 0.107. The van der Waals surface area contributed by atoms with E-state index in [1.807, 2.05) is 0 Å². The zero-order chi connectivity index (χ0) is 73.4. The Bertz CT molecular complexity index is 2680. The summed E-state index contributed by atoms with van der Waals surface area (Å²) in [6.45, 7) is -0.851. The van der Waals surface area contributed by atoms with Gasteiger partial charge >= 0.3 is 54.8 Å². The molecule has 10 aliphatic rings. The second kappa shape index (κ2) is 40.5. The summed E-state index contributed by atoms with van der Waals surface area (Å²) >= 11 is 0. The molecule has 0 aromatic heterocycles. The quantitative estimate of drug-likeness (QED) is 0.0517. The predicted molar refractivity (Wildman–Crippen MR) is 361 cm³/mol. The Hall–Kier alpha value is -6.17. The van der Waals surface area contributed by atoms with Crippen molar-refractivity contribution in [1.29, 1.82) is 0 Å². The van der Waals surface area contributed by atoms with Crippen LogP contribution < -0.4 is 60.2 Å². The number of hydrogen-bond donors (Lipinski definition) is 12. The second-order valence-electron chi connectivity index (χ2n) is 29.6. The van der Waals surface area contributed by atoms with Gasteiger partial charge in [0.05, 0.1) is 6.04 Å². The molecule has 0 aromatic rings. The molecule has 8 aliphatic carbocycles. The van der Waals surface area contributed by atoms with Gasteiger partial charge in [-0.05, 0) is 96.3 Å². The van der Waals surface area contributed by atoms with Gasteiger partial charge in [0.1, 0.15) is 31.0 Å².